The molecule has 5 aromatic rings. The largest absolute Gasteiger partial charge is 0.506 e. The van der Waals surface area contributed by atoms with Crippen molar-refractivity contribution in [3.63, 3.8) is 0 Å². The summed E-state index contributed by atoms with van der Waals surface area (Å²) >= 11 is 12.7. The number of nitrogens with one attached hydrogen (secondary N) is 1. The zero-order valence-electron chi connectivity index (χ0n) is 17.9. The fourth-order valence-corrected chi connectivity index (χ4v) is 4.86. The van der Waals surface area contributed by atoms with Crippen molar-refractivity contribution in [2.45, 2.75) is 18.9 Å². The zero-order valence-corrected chi connectivity index (χ0v) is 19.4. The van der Waals surface area contributed by atoms with Gasteiger partial charge in [0.1, 0.15) is 23.6 Å². The summed E-state index contributed by atoms with van der Waals surface area (Å²) in [6.45, 7) is 0. The van der Waals surface area contributed by atoms with E-state index in [1.807, 2.05) is 12.1 Å². The molecule has 0 amide bonds. The van der Waals surface area contributed by atoms with Crippen molar-refractivity contribution < 1.29 is 5.11 Å². The number of hydrogen-bond acceptors (Lipinski definition) is 7. The first kappa shape index (κ1) is 21.5. The van der Waals surface area contributed by atoms with Crippen LogP contribution in [-0.4, -0.2) is 44.8 Å². The van der Waals surface area contributed by atoms with Crippen LogP contribution in [0.3, 0.4) is 0 Å². The number of imidazole rings is 1. The highest BCUT2D eigenvalue weighted by Gasteiger charge is 2.29. The van der Waals surface area contributed by atoms with Crippen LogP contribution in [0, 0.1) is 0 Å². The van der Waals surface area contributed by atoms with E-state index in [4.69, 9.17) is 23.2 Å². The first-order chi connectivity index (χ1) is 17.0. The van der Waals surface area contributed by atoms with E-state index >= 15 is 0 Å². The Morgan fingerprint density at radius 2 is 2.00 bits per heavy atom. The average Bonchev–Trinajstić information content (AvgIpc) is 3.59. The predicted octanol–water partition coefficient (Wildman–Crippen LogP) is 3.82. The monoisotopic (exact) mass is 506 g/mol. The van der Waals surface area contributed by atoms with Crippen LogP contribution in [0.5, 0.6) is 5.75 Å². The molecule has 0 fully saturated rings. The fourth-order valence-electron chi connectivity index (χ4n) is 4.45. The molecular weight excluding hydrogens is 491 g/mol. The lowest BCUT2D eigenvalue weighted by molar-refractivity contribution is 0.473. The van der Waals surface area contributed by atoms with Crippen LogP contribution < -0.4 is 5.56 Å². The van der Waals surface area contributed by atoms with Crippen LogP contribution >= 0.6 is 23.2 Å². The smallest absolute Gasteiger partial charge is 0.252 e. The van der Waals surface area contributed by atoms with Gasteiger partial charge in [0.2, 0.25) is 0 Å². The van der Waals surface area contributed by atoms with Crippen LogP contribution in [0.15, 0.2) is 59.8 Å². The third kappa shape index (κ3) is 3.76. The Bertz CT molecular complexity index is 1610. The number of tetrazole rings is 1. The number of aryl methyl sites for hydroxylation is 1. The molecule has 174 valence electrons. The van der Waals surface area contributed by atoms with E-state index in [1.54, 1.807) is 28.8 Å². The van der Waals surface area contributed by atoms with Crippen molar-refractivity contribution in [1.29, 1.82) is 0 Å². The second-order valence-electron chi connectivity index (χ2n) is 8.10. The highest BCUT2D eigenvalue weighted by Crippen LogP contribution is 2.35. The molecule has 0 unspecified atom stereocenters. The lowest BCUT2D eigenvalue weighted by Crippen LogP contribution is -2.24. The van der Waals surface area contributed by atoms with Gasteiger partial charge in [-0.2, -0.15) is 4.68 Å². The van der Waals surface area contributed by atoms with Gasteiger partial charge in [-0.05, 0) is 65.2 Å². The molecular formula is C23H16Cl2N8O2. The van der Waals surface area contributed by atoms with Gasteiger partial charge in [-0.15, -0.1) is 5.10 Å². The first-order valence-electron chi connectivity index (χ1n) is 10.7. The number of pyridine rings is 2. The van der Waals surface area contributed by atoms with Gasteiger partial charge in [0.05, 0.1) is 23.6 Å². The Balaban J connectivity index is 1.41. The van der Waals surface area contributed by atoms with E-state index in [-0.39, 0.29) is 22.5 Å². The number of aromatic hydroxyl groups is 1. The Morgan fingerprint density at radius 3 is 2.77 bits per heavy atom. The zero-order chi connectivity index (χ0) is 24.1. The highest BCUT2D eigenvalue weighted by molar-refractivity contribution is 6.32. The molecule has 0 bridgehead atoms. The molecule has 10 nitrogen and oxygen atoms in total. The minimum absolute atomic E-state index is 0.0552. The normalized spacial score (nSPS) is 14.9. The number of fused-ring (bicyclic) bond motifs is 1. The molecule has 2 N–H and O–H groups in total. The summed E-state index contributed by atoms with van der Waals surface area (Å²) in [4.78, 5) is 25.2. The predicted molar refractivity (Wildman–Crippen MR) is 129 cm³/mol. The molecule has 0 saturated carbocycles. The van der Waals surface area contributed by atoms with E-state index in [0.717, 1.165) is 16.8 Å². The average molecular weight is 507 g/mol. The number of nitrogens with zero attached hydrogens (tertiary/aromatic N) is 7. The second-order valence-corrected chi connectivity index (χ2v) is 8.90. The van der Waals surface area contributed by atoms with E-state index in [1.165, 1.54) is 23.3 Å². The number of aromatic nitrogens is 8. The van der Waals surface area contributed by atoms with E-state index < -0.39 is 0 Å². The van der Waals surface area contributed by atoms with Gasteiger partial charge in [-0.3, -0.25) is 9.78 Å². The van der Waals surface area contributed by atoms with Gasteiger partial charge in [-0.1, -0.05) is 23.2 Å². The van der Waals surface area contributed by atoms with Crippen LogP contribution in [0.25, 0.3) is 28.2 Å². The molecule has 1 aliphatic rings. The van der Waals surface area contributed by atoms with Crippen molar-refractivity contribution in [2.75, 3.05) is 0 Å². The van der Waals surface area contributed by atoms with Crippen molar-refractivity contribution in [3.05, 3.63) is 87.0 Å². The number of H-pyrrole nitrogens is 1. The second kappa shape index (κ2) is 8.33. The Morgan fingerprint density at radius 1 is 1.11 bits per heavy atom. The van der Waals surface area contributed by atoms with E-state index in [0.29, 0.717) is 40.8 Å². The highest BCUT2D eigenvalue weighted by atomic mass is 35.5. The van der Waals surface area contributed by atoms with Gasteiger partial charge in [0, 0.05) is 22.3 Å². The number of halogens is 2. The standard InChI is InChI=1S/C23H16Cl2N8O2/c24-13-1-5-18(32-11-27-30-31-32)16(9-13)12-7-14-2-6-19(33(14)20(35)8-12)23-28-21(22(25)29-23)17-4-3-15(34)10-26-17/h1,3-5,7-11,19,34H,2,6H2,(H,28,29)/t19-/m0/s1. The lowest BCUT2D eigenvalue weighted by atomic mass is 10.0. The molecule has 5 heterocycles. The van der Waals surface area contributed by atoms with Gasteiger partial charge < -0.3 is 14.7 Å². The molecule has 0 saturated heterocycles. The Kier molecular flexibility index (Phi) is 5.12. The van der Waals surface area contributed by atoms with Crippen LogP contribution in [0.1, 0.15) is 24.0 Å². The molecule has 12 heteroatoms. The summed E-state index contributed by atoms with van der Waals surface area (Å²) in [6.07, 6.45) is 4.19. The van der Waals surface area contributed by atoms with Crippen molar-refractivity contribution in [2.24, 2.45) is 0 Å². The number of rotatable bonds is 4. The van der Waals surface area contributed by atoms with Crippen LogP contribution in [-0.2, 0) is 6.42 Å². The van der Waals surface area contributed by atoms with E-state index in [2.05, 4.69) is 30.5 Å². The fraction of sp³-hybridized carbons (Fsp3) is 0.130. The number of hydrogen-bond donors (Lipinski definition) is 2. The first-order valence-corrected chi connectivity index (χ1v) is 11.4. The molecule has 4 aromatic heterocycles. The Hall–Kier alpha value is -4.02. The third-order valence-corrected chi connectivity index (χ3v) is 6.51. The molecule has 35 heavy (non-hydrogen) atoms. The van der Waals surface area contributed by atoms with E-state index in [9.17, 15) is 9.90 Å². The summed E-state index contributed by atoms with van der Waals surface area (Å²) in [6, 6.07) is 11.8. The SMILES string of the molecule is O=c1cc(-c2cc(Cl)ccc2-n2cnnn2)cc2n1[C@H](c1nc(Cl)c(-c3ccc(O)cn3)[nH]1)CC2. The lowest BCUT2D eigenvalue weighted by Gasteiger charge is -2.15. The van der Waals surface area contributed by atoms with Crippen molar-refractivity contribution in [1.82, 2.24) is 39.7 Å². The third-order valence-electron chi connectivity index (χ3n) is 6.00. The summed E-state index contributed by atoms with van der Waals surface area (Å²) in [5, 5.41) is 21.7. The molecule has 1 atom stereocenters. The van der Waals surface area contributed by atoms with Crippen LogP contribution in [0.2, 0.25) is 10.2 Å². The number of benzene rings is 1. The summed E-state index contributed by atoms with van der Waals surface area (Å²) < 4.78 is 3.26. The maximum absolute atomic E-state index is 13.3. The summed E-state index contributed by atoms with van der Waals surface area (Å²) in [5.41, 5.74) is 3.96. The van der Waals surface area contributed by atoms with Crippen molar-refractivity contribution >= 4 is 23.2 Å². The molecule has 0 radical (unpaired) electrons. The maximum Gasteiger partial charge on any atom is 0.252 e. The minimum Gasteiger partial charge on any atom is -0.506 e. The number of aromatic amines is 1. The molecule has 6 rings (SSSR count). The van der Waals surface area contributed by atoms with Gasteiger partial charge in [0.25, 0.3) is 5.56 Å². The summed E-state index contributed by atoms with van der Waals surface area (Å²) in [7, 11) is 0. The van der Waals surface area contributed by atoms with Gasteiger partial charge >= 0.3 is 0 Å². The van der Waals surface area contributed by atoms with Gasteiger partial charge in [-0.25, -0.2) is 4.98 Å². The van der Waals surface area contributed by atoms with Crippen LogP contribution in [0.4, 0.5) is 0 Å². The maximum atomic E-state index is 13.3. The summed E-state index contributed by atoms with van der Waals surface area (Å²) in [5.74, 6) is 0.630. The molecule has 0 spiro atoms. The minimum atomic E-state index is -0.298. The quantitative estimate of drug-likeness (QED) is 0.379. The Labute approximate surface area is 207 Å². The van der Waals surface area contributed by atoms with Crippen molar-refractivity contribution in [3.8, 4) is 34.0 Å². The topological polar surface area (TPSA) is 127 Å². The molecule has 1 aliphatic heterocycles. The molecule has 0 aliphatic carbocycles. The van der Waals surface area contributed by atoms with Gasteiger partial charge in [0.15, 0.2) is 5.15 Å². The molecule has 1 aromatic carbocycles.